The van der Waals surface area contributed by atoms with Gasteiger partial charge in [0.05, 0.1) is 12.7 Å². The lowest BCUT2D eigenvalue weighted by molar-refractivity contribution is 0.137. The van der Waals surface area contributed by atoms with Gasteiger partial charge in [-0.2, -0.15) is 12.6 Å². The van der Waals surface area contributed by atoms with Crippen LogP contribution in [0.25, 0.3) is 0 Å². The lowest BCUT2D eigenvalue weighted by atomic mass is 10.4. The summed E-state index contributed by atoms with van der Waals surface area (Å²) < 4.78 is 11.8. The average Bonchev–Trinajstić information content (AvgIpc) is 1.94. The fourth-order valence-electron chi connectivity index (χ4n) is 0.967. The van der Waals surface area contributed by atoms with Crippen LogP contribution in [0.1, 0.15) is 0 Å². The van der Waals surface area contributed by atoms with Gasteiger partial charge in [0, 0.05) is 5.75 Å². The number of thiol groups is 1. The van der Waals surface area contributed by atoms with Crippen molar-refractivity contribution in [1.82, 2.24) is 0 Å². The van der Waals surface area contributed by atoms with E-state index in [0.29, 0.717) is 6.61 Å². The molecule has 1 unspecified atom stereocenters. The Balaban J connectivity index is 3.93. The molecule has 5 heteroatoms. The van der Waals surface area contributed by atoms with Gasteiger partial charge in [-0.1, -0.05) is 0 Å². The fraction of sp³-hybridized carbons (Fsp3) is 1.00. The molecule has 0 saturated heterocycles. The van der Waals surface area contributed by atoms with Crippen molar-refractivity contribution in [1.29, 1.82) is 0 Å². The molecule has 2 nitrogen and oxygen atoms in total. The van der Waals surface area contributed by atoms with Crippen LogP contribution in [-0.4, -0.2) is 35.1 Å². The summed E-state index contributed by atoms with van der Waals surface area (Å²) in [5, 5.41) is 0. The normalized spacial score (nSPS) is 15.6. The largest absolute Gasteiger partial charge is 0.415 e. The van der Waals surface area contributed by atoms with E-state index in [2.05, 4.69) is 51.9 Å². The third kappa shape index (κ3) is 9.27. The van der Waals surface area contributed by atoms with Gasteiger partial charge in [-0.05, 0) is 39.3 Å². The lowest BCUT2D eigenvalue weighted by Crippen LogP contribution is -2.38. The molecular formula is C9H24O2SSi2. The maximum Gasteiger partial charge on any atom is 0.184 e. The minimum atomic E-state index is -1.45. The predicted molar refractivity (Wildman–Crippen MR) is 71.4 cm³/mol. The highest BCUT2D eigenvalue weighted by molar-refractivity contribution is 7.80. The zero-order chi connectivity index (χ0) is 11.4. The average molecular weight is 253 g/mol. The Kier molecular flexibility index (Phi) is 5.98. The molecule has 86 valence electrons. The first-order valence-corrected chi connectivity index (χ1v) is 12.5. The summed E-state index contributed by atoms with van der Waals surface area (Å²) in [6.07, 6.45) is 0.164. The Bertz CT molecular complexity index is 163. The molecule has 0 fully saturated rings. The zero-order valence-corrected chi connectivity index (χ0v) is 13.1. The molecule has 0 aromatic carbocycles. The quantitative estimate of drug-likeness (QED) is 0.579. The minimum absolute atomic E-state index is 0.164. The number of hydrogen-bond donors (Lipinski definition) is 1. The van der Waals surface area contributed by atoms with Gasteiger partial charge in [-0.3, -0.25) is 0 Å². The molecule has 0 aromatic heterocycles. The van der Waals surface area contributed by atoms with E-state index in [9.17, 15) is 0 Å². The van der Waals surface area contributed by atoms with Crippen LogP contribution in [0.5, 0.6) is 0 Å². The van der Waals surface area contributed by atoms with E-state index in [1.165, 1.54) is 0 Å². The maximum atomic E-state index is 5.94. The molecule has 14 heavy (non-hydrogen) atoms. The van der Waals surface area contributed by atoms with E-state index in [1.807, 2.05) is 0 Å². The van der Waals surface area contributed by atoms with Crippen molar-refractivity contribution in [2.24, 2.45) is 0 Å². The minimum Gasteiger partial charge on any atom is -0.415 e. The summed E-state index contributed by atoms with van der Waals surface area (Å²) >= 11 is 4.29. The van der Waals surface area contributed by atoms with Crippen molar-refractivity contribution in [3.63, 3.8) is 0 Å². The highest BCUT2D eigenvalue weighted by Crippen LogP contribution is 2.11. The standard InChI is InChI=1S/C9H24O2SSi2/c1-13(2,3)10-7-9(8-12)11-14(4,5)6/h9,12H,7-8H2,1-6H3. The Labute approximate surface area is 96.0 Å². The van der Waals surface area contributed by atoms with E-state index < -0.39 is 16.6 Å². The van der Waals surface area contributed by atoms with Crippen molar-refractivity contribution in [2.45, 2.75) is 45.4 Å². The molecule has 0 saturated carbocycles. The SMILES string of the molecule is C[Si](C)(C)OCC(CS)O[Si](C)(C)C. The van der Waals surface area contributed by atoms with Crippen LogP contribution in [0.2, 0.25) is 39.3 Å². The lowest BCUT2D eigenvalue weighted by Gasteiger charge is -2.28. The van der Waals surface area contributed by atoms with Crippen molar-refractivity contribution in [2.75, 3.05) is 12.4 Å². The topological polar surface area (TPSA) is 18.5 Å². The first-order valence-electron chi connectivity index (χ1n) is 5.07. The van der Waals surface area contributed by atoms with Gasteiger partial charge in [-0.25, -0.2) is 0 Å². The Morgan fingerprint density at radius 2 is 1.50 bits per heavy atom. The van der Waals surface area contributed by atoms with E-state index in [1.54, 1.807) is 0 Å². The molecule has 0 aliphatic heterocycles. The highest BCUT2D eigenvalue weighted by Gasteiger charge is 2.22. The van der Waals surface area contributed by atoms with Gasteiger partial charge in [0.2, 0.25) is 0 Å². The molecule has 0 N–H and O–H groups in total. The number of rotatable bonds is 6. The first kappa shape index (κ1) is 14.7. The molecule has 1 atom stereocenters. The Hall–Kier alpha value is 0.704. The van der Waals surface area contributed by atoms with Crippen molar-refractivity contribution < 1.29 is 8.85 Å². The van der Waals surface area contributed by atoms with Crippen LogP contribution in [0, 0.1) is 0 Å². The molecule has 0 heterocycles. The van der Waals surface area contributed by atoms with Crippen molar-refractivity contribution in [3.8, 4) is 0 Å². The Morgan fingerprint density at radius 1 is 1.00 bits per heavy atom. The second kappa shape index (κ2) is 5.70. The summed E-state index contributed by atoms with van der Waals surface area (Å²) in [4.78, 5) is 0. The van der Waals surface area contributed by atoms with Crippen LogP contribution in [0.4, 0.5) is 0 Å². The maximum absolute atomic E-state index is 5.94. The van der Waals surface area contributed by atoms with Crippen molar-refractivity contribution >= 4 is 29.3 Å². The van der Waals surface area contributed by atoms with Gasteiger partial charge in [0.15, 0.2) is 16.6 Å². The molecular weight excluding hydrogens is 228 g/mol. The summed E-state index contributed by atoms with van der Waals surface area (Å²) in [5.41, 5.74) is 0. The van der Waals surface area contributed by atoms with Gasteiger partial charge in [-0.15, -0.1) is 0 Å². The summed E-state index contributed by atoms with van der Waals surface area (Å²) in [6, 6.07) is 0. The molecule has 0 bridgehead atoms. The Morgan fingerprint density at radius 3 is 1.79 bits per heavy atom. The van der Waals surface area contributed by atoms with Crippen LogP contribution in [0.15, 0.2) is 0 Å². The number of hydrogen-bond acceptors (Lipinski definition) is 3. The van der Waals surface area contributed by atoms with Gasteiger partial charge >= 0.3 is 0 Å². The third-order valence-corrected chi connectivity index (χ3v) is 3.91. The predicted octanol–water partition coefficient (Wildman–Crippen LogP) is 2.99. The molecule has 0 radical (unpaired) electrons. The molecule has 0 aliphatic rings. The van der Waals surface area contributed by atoms with E-state index in [0.717, 1.165) is 5.75 Å². The summed E-state index contributed by atoms with van der Waals surface area (Å²) in [6.45, 7) is 13.8. The second-order valence-electron chi connectivity index (χ2n) is 5.46. The monoisotopic (exact) mass is 252 g/mol. The van der Waals surface area contributed by atoms with Crippen LogP contribution in [0.3, 0.4) is 0 Å². The zero-order valence-electron chi connectivity index (χ0n) is 10.3. The highest BCUT2D eigenvalue weighted by atomic mass is 32.1. The van der Waals surface area contributed by atoms with E-state index in [-0.39, 0.29) is 6.10 Å². The van der Waals surface area contributed by atoms with Crippen LogP contribution in [-0.2, 0) is 8.85 Å². The molecule has 0 aliphatic carbocycles. The third-order valence-electron chi connectivity index (χ3n) is 1.43. The van der Waals surface area contributed by atoms with Crippen LogP contribution >= 0.6 is 12.6 Å². The molecule has 0 rings (SSSR count). The first-order chi connectivity index (χ1) is 6.14. The molecule has 0 amide bonds. The van der Waals surface area contributed by atoms with Gasteiger partial charge < -0.3 is 8.85 Å². The fourth-order valence-corrected chi connectivity index (χ4v) is 3.12. The van der Waals surface area contributed by atoms with Crippen molar-refractivity contribution in [3.05, 3.63) is 0 Å². The van der Waals surface area contributed by atoms with Gasteiger partial charge in [0.1, 0.15) is 0 Å². The van der Waals surface area contributed by atoms with E-state index >= 15 is 0 Å². The van der Waals surface area contributed by atoms with E-state index in [4.69, 9.17) is 8.85 Å². The van der Waals surface area contributed by atoms with Gasteiger partial charge in [0.25, 0.3) is 0 Å². The summed E-state index contributed by atoms with van der Waals surface area (Å²) in [7, 11) is -2.86. The summed E-state index contributed by atoms with van der Waals surface area (Å²) in [5.74, 6) is 0.745. The van der Waals surface area contributed by atoms with Crippen LogP contribution < -0.4 is 0 Å². The molecule has 0 aromatic rings. The second-order valence-corrected chi connectivity index (χ2v) is 14.8. The molecule has 0 spiro atoms. The smallest absolute Gasteiger partial charge is 0.184 e.